The van der Waals surface area contributed by atoms with E-state index in [2.05, 4.69) is 67.2 Å². The topological polar surface area (TPSA) is 0 Å². The minimum atomic E-state index is -0.919. The average Bonchev–Trinajstić information content (AvgIpc) is 2.30. The van der Waals surface area contributed by atoms with Crippen LogP contribution in [0.5, 0.6) is 0 Å². The predicted molar refractivity (Wildman–Crippen MR) is 72.3 cm³/mol. The van der Waals surface area contributed by atoms with Gasteiger partial charge < -0.3 is 0 Å². The summed E-state index contributed by atoms with van der Waals surface area (Å²) in [4.78, 5) is 0. The standard InChI is InChI=1S/C13H14Si.Li.H/c1-14(12-8-4-2-5-9-12)13-10-6-3-7-11-13;;/h2-11,14H,1H3;;. The second-order valence-corrected chi connectivity index (χ2v) is 6.32. The fourth-order valence-electron chi connectivity index (χ4n) is 1.68. The van der Waals surface area contributed by atoms with Crippen molar-refractivity contribution in [2.24, 2.45) is 0 Å². The summed E-state index contributed by atoms with van der Waals surface area (Å²) < 4.78 is 0. The Hall–Kier alpha value is -0.746. The summed E-state index contributed by atoms with van der Waals surface area (Å²) in [5.74, 6) is 0. The van der Waals surface area contributed by atoms with E-state index < -0.39 is 8.80 Å². The summed E-state index contributed by atoms with van der Waals surface area (Å²) in [6.07, 6.45) is 0. The minimum absolute atomic E-state index is 0. The molecule has 0 spiro atoms. The van der Waals surface area contributed by atoms with Crippen LogP contribution >= 0.6 is 0 Å². The summed E-state index contributed by atoms with van der Waals surface area (Å²) >= 11 is 0. The van der Waals surface area contributed by atoms with Gasteiger partial charge in [0.15, 0.2) is 0 Å². The SMILES string of the molecule is C[SiH](c1ccccc1)c1ccccc1.[LiH]. The summed E-state index contributed by atoms with van der Waals surface area (Å²) in [6, 6.07) is 21.6. The summed E-state index contributed by atoms with van der Waals surface area (Å²) in [5.41, 5.74) is 0. The molecule has 15 heavy (non-hydrogen) atoms. The van der Waals surface area contributed by atoms with Gasteiger partial charge in [0.05, 0.1) is 8.80 Å². The van der Waals surface area contributed by atoms with Gasteiger partial charge in [-0.15, -0.1) is 0 Å². The van der Waals surface area contributed by atoms with Crippen LogP contribution in [0.4, 0.5) is 0 Å². The van der Waals surface area contributed by atoms with Crippen LogP contribution < -0.4 is 10.4 Å². The quantitative estimate of drug-likeness (QED) is 0.643. The van der Waals surface area contributed by atoms with E-state index >= 15 is 0 Å². The number of hydrogen-bond acceptors (Lipinski definition) is 0. The van der Waals surface area contributed by atoms with Gasteiger partial charge in [0.1, 0.15) is 0 Å². The third-order valence-corrected chi connectivity index (χ3v) is 5.37. The molecule has 0 radical (unpaired) electrons. The van der Waals surface area contributed by atoms with Crippen molar-refractivity contribution in [3.63, 3.8) is 0 Å². The molecule has 72 valence electrons. The first-order valence-corrected chi connectivity index (χ1v) is 7.29. The van der Waals surface area contributed by atoms with Crippen molar-refractivity contribution >= 4 is 38.0 Å². The van der Waals surface area contributed by atoms with Crippen molar-refractivity contribution in [2.45, 2.75) is 6.55 Å². The van der Waals surface area contributed by atoms with Crippen molar-refractivity contribution in [1.29, 1.82) is 0 Å². The molecule has 2 rings (SSSR count). The molecule has 0 aromatic heterocycles. The molecule has 0 saturated heterocycles. The molecule has 0 amide bonds. The van der Waals surface area contributed by atoms with Crippen LogP contribution in [-0.4, -0.2) is 27.7 Å². The van der Waals surface area contributed by atoms with Crippen molar-refractivity contribution in [3.8, 4) is 0 Å². The molecule has 2 aromatic rings. The molecule has 0 saturated carbocycles. The van der Waals surface area contributed by atoms with Gasteiger partial charge in [-0.05, 0) is 0 Å². The van der Waals surface area contributed by atoms with Gasteiger partial charge in [-0.1, -0.05) is 77.6 Å². The Balaban J connectivity index is 0.00000112. The first-order chi connectivity index (χ1) is 6.88. The molecule has 0 aliphatic heterocycles. The number of hydrogen-bond donors (Lipinski definition) is 0. The van der Waals surface area contributed by atoms with E-state index in [1.807, 2.05) is 0 Å². The van der Waals surface area contributed by atoms with E-state index in [1.54, 1.807) is 0 Å². The Morgan fingerprint density at radius 1 is 0.667 bits per heavy atom. The normalized spacial score (nSPS) is 9.73. The van der Waals surface area contributed by atoms with E-state index in [4.69, 9.17) is 0 Å². The molecular formula is C13H15LiSi. The van der Waals surface area contributed by atoms with Crippen molar-refractivity contribution in [3.05, 3.63) is 60.7 Å². The molecular weight excluding hydrogens is 191 g/mol. The second-order valence-electron chi connectivity index (χ2n) is 3.54. The van der Waals surface area contributed by atoms with Crippen LogP contribution in [-0.2, 0) is 0 Å². The summed E-state index contributed by atoms with van der Waals surface area (Å²) in [5, 5.41) is 3.03. The number of benzene rings is 2. The fraction of sp³-hybridized carbons (Fsp3) is 0.0769. The molecule has 0 nitrogen and oxygen atoms in total. The third-order valence-electron chi connectivity index (χ3n) is 2.60. The Morgan fingerprint density at radius 3 is 1.33 bits per heavy atom. The Labute approximate surface area is 105 Å². The van der Waals surface area contributed by atoms with E-state index in [0.717, 1.165) is 0 Å². The van der Waals surface area contributed by atoms with Crippen LogP contribution in [0.1, 0.15) is 0 Å². The fourth-order valence-corrected chi connectivity index (χ4v) is 3.66. The monoisotopic (exact) mass is 206 g/mol. The maximum atomic E-state index is 2.38. The second kappa shape index (κ2) is 5.97. The summed E-state index contributed by atoms with van der Waals surface area (Å²) in [7, 11) is -0.919. The first-order valence-electron chi connectivity index (χ1n) is 4.98. The molecule has 0 fully saturated rings. The van der Waals surface area contributed by atoms with Gasteiger partial charge in [-0.2, -0.15) is 0 Å². The third kappa shape index (κ3) is 3.10. The van der Waals surface area contributed by atoms with Crippen LogP contribution in [0.3, 0.4) is 0 Å². The van der Waals surface area contributed by atoms with E-state index in [9.17, 15) is 0 Å². The molecule has 0 N–H and O–H groups in total. The van der Waals surface area contributed by atoms with Gasteiger partial charge in [-0.25, -0.2) is 0 Å². The zero-order valence-electron chi connectivity index (χ0n) is 8.35. The van der Waals surface area contributed by atoms with Crippen molar-refractivity contribution in [1.82, 2.24) is 0 Å². The maximum absolute atomic E-state index is 2.38. The van der Waals surface area contributed by atoms with Crippen LogP contribution in [0.15, 0.2) is 60.7 Å². The zero-order chi connectivity index (χ0) is 9.80. The average molecular weight is 206 g/mol. The molecule has 2 heteroatoms. The number of rotatable bonds is 2. The Morgan fingerprint density at radius 2 is 1.00 bits per heavy atom. The van der Waals surface area contributed by atoms with Crippen molar-refractivity contribution in [2.75, 3.05) is 0 Å². The summed E-state index contributed by atoms with van der Waals surface area (Å²) in [6.45, 7) is 2.38. The van der Waals surface area contributed by atoms with Crippen LogP contribution in [0.25, 0.3) is 0 Å². The van der Waals surface area contributed by atoms with Gasteiger partial charge in [0.2, 0.25) is 0 Å². The van der Waals surface area contributed by atoms with Crippen LogP contribution in [0.2, 0.25) is 6.55 Å². The van der Waals surface area contributed by atoms with Gasteiger partial charge >= 0.3 is 18.9 Å². The first kappa shape index (κ1) is 12.3. The molecule has 0 heterocycles. The molecule has 0 bridgehead atoms. The predicted octanol–water partition coefficient (Wildman–Crippen LogP) is 1.01. The molecule has 0 aliphatic carbocycles. The Kier molecular flexibility index (Phi) is 4.91. The van der Waals surface area contributed by atoms with Crippen molar-refractivity contribution < 1.29 is 0 Å². The molecule has 2 aromatic carbocycles. The van der Waals surface area contributed by atoms with Gasteiger partial charge in [-0.3, -0.25) is 0 Å². The van der Waals surface area contributed by atoms with Crippen LogP contribution in [0, 0.1) is 0 Å². The van der Waals surface area contributed by atoms with E-state index in [0.29, 0.717) is 0 Å². The van der Waals surface area contributed by atoms with Gasteiger partial charge in [0.25, 0.3) is 0 Å². The zero-order valence-corrected chi connectivity index (χ0v) is 9.51. The molecule has 0 atom stereocenters. The van der Waals surface area contributed by atoms with E-state index in [1.165, 1.54) is 10.4 Å². The molecule has 0 unspecified atom stereocenters. The van der Waals surface area contributed by atoms with E-state index in [-0.39, 0.29) is 18.9 Å². The Bertz CT molecular complexity index is 346. The van der Waals surface area contributed by atoms with Gasteiger partial charge in [0, 0.05) is 0 Å². The molecule has 0 aliphatic rings.